The lowest BCUT2D eigenvalue weighted by Crippen LogP contribution is -2.27. The first-order valence-corrected chi connectivity index (χ1v) is 8.96. The highest BCUT2D eigenvalue weighted by atomic mass is 32.2. The molecule has 1 aromatic rings. The van der Waals surface area contributed by atoms with Crippen LogP contribution in [-0.2, 0) is 21.2 Å². The van der Waals surface area contributed by atoms with Crippen molar-refractivity contribution in [1.82, 2.24) is 4.72 Å². The topological polar surface area (TPSA) is 81.4 Å². The van der Waals surface area contributed by atoms with Crippen LogP contribution in [0.1, 0.15) is 24.8 Å². The van der Waals surface area contributed by atoms with Crippen LogP contribution in [0, 0.1) is 5.92 Å². The fraction of sp³-hybridized carbons (Fsp3) is 0.600. The average Bonchev–Trinajstić information content (AvgIpc) is 3.29. The summed E-state index contributed by atoms with van der Waals surface area (Å²) in [6.45, 7) is 2.12. The molecule has 1 fully saturated rings. The molecule has 2 rings (SSSR count). The Labute approximate surface area is 126 Å². The van der Waals surface area contributed by atoms with E-state index in [0.717, 1.165) is 25.0 Å². The third-order valence-corrected chi connectivity index (χ3v) is 4.97. The molecule has 0 bridgehead atoms. The van der Waals surface area contributed by atoms with Gasteiger partial charge in [0.1, 0.15) is 0 Å². The van der Waals surface area contributed by atoms with Gasteiger partial charge >= 0.3 is 0 Å². The Morgan fingerprint density at radius 2 is 1.95 bits per heavy atom. The number of aryl methyl sites for hydroxylation is 1. The first-order chi connectivity index (χ1) is 10.1. The summed E-state index contributed by atoms with van der Waals surface area (Å²) in [4.78, 5) is 0.293. The molecule has 6 heteroatoms. The summed E-state index contributed by atoms with van der Waals surface area (Å²) in [7, 11) is -3.44. The molecule has 1 aliphatic rings. The van der Waals surface area contributed by atoms with Gasteiger partial charge in [0.15, 0.2) is 0 Å². The standard InChI is InChI=1S/C15H24N2O3S/c16-9-1-2-13-5-7-15(8-6-13)21(18,19)17-10-11-20-12-14-3-4-14/h5-8,14,17H,1-4,9-12,16H2. The highest BCUT2D eigenvalue weighted by Crippen LogP contribution is 2.28. The minimum absolute atomic E-state index is 0.293. The Bertz CT molecular complexity index is 524. The van der Waals surface area contributed by atoms with E-state index in [9.17, 15) is 8.42 Å². The van der Waals surface area contributed by atoms with Crippen molar-refractivity contribution in [3.05, 3.63) is 29.8 Å². The second-order valence-corrected chi connectivity index (χ2v) is 7.22. The molecule has 0 heterocycles. The van der Waals surface area contributed by atoms with Crippen LogP contribution in [0.25, 0.3) is 0 Å². The van der Waals surface area contributed by atoms with Crippen LogP contribution in [0.5, 0.6) is 0 Å². The number of nitrogens with one attached hydrogen (secondary N) is 1. The Balaban J connectivity index is 1.77. The van der Waals surface area contributed by atoms with E-state index in [2.05, 4.69) is 4.72 Å². The molecule has 0 unspecified atom stereocenters. The lowest BCUT2D eigenvalue weighted by atomic mass is 10.1. The van der Waals surface area contributed by atoms with E-state index in [-0.39, 0.29) is 0 Å². The molecule has 0 amide bonds. The largest absolute Gasteiger partial charge is 0.380 e. The Hall–Kier alpha value is -0.950. The molecule has 0 aliphatic heterocycles. The Morgan fingerprint density at radius 3 is 2.57 bits per heavy atom. The number of nitrogens with two attached hydrogens (primary N) is 1. The molecule has 0 radical (unpaired) electrons. The normalized spacial score (nSPS) is 15.3. The summed E-state index contributed by atoms with van der Waals surface area (Å²) in [6.07, 6.45) is 4.26. The van der Waals surface area contributed by atoms with Crippen LogP contribution in [0.3, 0.4) is 0 Å². The van der Waals surface area contributed by atoms with Crippen molar-refractivity contribution in [2.75, 3.05) is 26.3 Å². The molecule has 0 saturated heterocycles. The summed E-state index contributed by atoms with van der Waals surface area (Å²) < 4.78 is 32.1. The summed E-state index contributed by atoms with van der Waals surface area (Å²) in [5.41, 5.74) is 6.56. The van der Waals surface area contributed by atoms with E-state index in [0.29, 0.717) is 30.5 Å². The molecule has 1 aromatic carbocycles. The minimum atomic E-state index is -3.44. The van der Waals surface area contributed by atoms with Gasteiger partial charge in [-0.15, -0.1) is 0 Å². The summed E-state index contributed by atoms with van der Waals surface area (Å²) in [6, 6.07) is 6.96. The third kappa shape index (κ3) is 5.74. The number of benzene rings is 1. The minimum Gasteiger partial charge on any atom is -0.380 e. The zero-order valence-corrected chi connectivity index (χ0v) is 13.1. The quantitative estimate of drug-likeness (QED) is 0.638. The van der Waals surface area contributed by atoms with Crippen LogP contribution < -0.4 is 10.5 Å². The maximum Gasteiger partial charge on any atom is 0.240 e. The first-order valence-electron chi connectivity index (χ1n) is 7.48. The van der Waals surface area contributed by atoms with Crippen molar-refractivity contribution in [1.29, 1.82) is 0 Å². The van der Waals surface area contributed by atoms with Crippen LogP contribution in [-0.4, -0.2) is 34.7 Å². The second-order valence-electron chi connectivity index (χ2n) is 5.45. The molecular weight excluding hydrogens is 288 g/mol. The number of hydrogen-bond donors (Lipinski definition) is 2. The van der Waals surface area contributed by atoms with Crippen LogP contribution in [0.2, 0.25) is 0 Å². The molecule has 0 atom stereocenters. The molecule has 0 aromatic heterocycles. The maximum atomic E-state index is 12.1. The van der Waals surface area contributed by atoms with Crippen molar-refractivity contribution >= 4 is 10.0 Å². The molecular formula is C15H24N2O3S. The number of sulfonamides is 1. The van der Waals surface area contributed by atoms with Crippen molar-refractivity contribution < 1.29 is 13.2 Å². The van der Waals surface area contributed by atoms with Gasteiger partial charge in [-0.3, -0.25) is 0 Å². The number of ether oxygens (including phenoxy) is 1. The summed E-state index contributed by atoms with van der Waals surface area (Å²) in [5, 5.41) is 0. The highest BCUT2D eigenvalue weighted by Gasteiger charge is 2.21. The predicted molar refractivity (Wildman–Crippen MR) is 82.5 cm³/mol. The van der Waals surface area contributed by atoms with Crippen LogP contribution >= 0.6 is 0 Å². The molecule has 1 aliphatic carbocycles. The Morgan fingerprint density at radius 1 is 1.24 bits per heavy atom. The van der Waals surface area contributed by atoms with Gasteiger partial charge in [0, 0.05) is 13.2 Å². The molecule has 21 heavy (non-hydrogen) atoms. The second kappa shape index (κ2) is 7.89. The lowest BCUT2D eigenvalue weighted by molar-refractivity contribution is 0.129. The van der Waals surface area contributed by atoms with Gasteiger partial charge in [0.2, 0.25) is 10.0 Å². The van der Waals surface area contributed by atoms with Gasteiger partial charge in [0.25, 0.3) is 0 Å². The van der Waals surface area contributed by atoms with E-state index in [1.807, 2.05) is 12.1 Å². The van der Waals surface area contributed by atoms with E-state index >= 15 is 0 Å². The third-order valence-electron chi connectivity index (χ3n) is 3.49. The van der Waals surface area contributed by atoms with Gasteiger partial charge in [0.05, 0.1) is 11.5 Å². The maximum absolute atomic E-state index is 12.1. The first kappa shape index (κ1) is 16.4. The molecule has 3 N–H and O–H groups in total. The smallest absolute Gasteiger partial charge is 0.240 e. The predicted octanol–water partition coefficient (Wildman–Crippen LogP) is 1.28. The monoisotopic (exact) mass is 312 g/mol. The van der Waals surface area contributed by atoms with E-state index in [1.165, 1.54) is 12.8 Å². The molecule has 0 spiro atoms. The molecule has 5 nitrogen and oxygen atoms in total. The van der Waals surface area contributed by atoms with Gasteiger partial charge in [-0.2, -0.15) is 0 Å². The molecule has 1 saturated carbocycles. The SMILES string of the molecule is NCCCc1ccc(S(=O)(=O)NCCOCC2CC2)cc1. The fourth-order valence-electron chi connectivity index (χ4n) is 2.01. The average molecular weight is 312 g/mol. The fourth-order valence-corrected chi connectivity index (χ4v) is 3.02. The van der Waals surface area contributed by atoms with Crippen LogP contribution in [0.15, 0.2) is 29.2 Å². The lowest BCUT2D eigenvalue weighted by Gasteiger charge is -2.08. The summed E-state index contributed by atoms with van der Waals surface area (Å²) >= 11 is 0. The van der Waals surface area contributed by atoms with Gasteiger partial charge in [-0.05, 0) is 55.8 Å². The van der Waals surface area contributed by atoms with Crippen molar-refractivity contribution in [2.24, 2.45) is 11.7 Å². The zero-order valence-electron chi connectivity index (χ0n) is 12.3. The van der Waals surface area contributed by atoms with E-state index in [4.69, 9.17) is 10.5 Å². The van der Waals surface area contributed by atoms with E-state index in [1.54, 1.807) is 12.1 Å². The van der Waals surface area contributed by atoms with Crippen molar-refractivity contribution in [3.8, 4) is 0 Å². The molecule has 118 valence electrons. The van der Waals surface area contributed by atoms with Crippen molar-refractivity contribution in [2.45, 2.75) is 30.6 Å². The Kier molecular flexibility index (Phi) is 6.17. The zero-order chi connectivity index (χ0) is 15.1. The summed E-state index contributed by atoms with van der Waals surface area (Å²) in [5.74, 6) is 0.697. The van der Waals surface area contributed by atoms with Gasteiger partial charge in [-0.1, -0.05) is 12.1 Å². The number of hydrogen-bond acceptors (Lipinski definition) is 4. The van der Waals surface area contributed by atoms with E-state index < -0.39 is 10.0 Å². The van der Waals surface area contributed by atoms with Crippen LogP contribution in [0.4, 0.5) is 0 Å². The number of rotatable bonds is 10. The van der Waals surface area contributed by atoms with Gasteiger partial charge in [-0.25, -0.2) is 13.1 Å². The highest BCUT2D eigenvalue weighted by molar-refractivity contribution is 7.89. The van der Waals surface area contributed by atoms with Crippen molar-refractivity contribution in [3.63, 3.8) is 0 Å². The van der Waals surface area contributed by atoms with Gasteiger partial charge < -0.3 is 10.5 Å².